The van der Waals surface area contributed by atoms with Gasteiger partial charge in [0.05, 0.1) is 22.7 Å². The molecule has 0 amide bonds. The fourth-order valence-electron chi connectivity index (χ4n) is 4.28. The van der Waals surface area contributed by atoms with Crippen molar-refractivity contribution < 1.29 is 40.6 Å². The van der Waals surface area contributed by atoms with Crippen molar-refractivity contribution in [1.29, 1.82) is 0 Å². The van der Waals surface area contributed by atoms with Gasteiger partial charge >= 0.3 is 12.1 Å². The molecule has 2 heterocycles. The predicted molar refractivity (Wildman–Crippen MR) is 134 cm³/mol. The summed E-state index contributed by atoms with van der Waals surface area (Å²) in [5.41, 5.74) is 0.789. The summed E-state index contributed by atoms with van der Waals surface area (Å²) in [5, 5.41) is 9.54. The molecular formula is C27H21F3N2O6S. The van der Waals surface area contributed by atoms with Gasteiger partial charge in [0.15, 0.2) is 0 Å². The lowest BCUT2D eigenvalue weighted by molar-refractivity contribution is -0.138. The Hall–Kier alpha value is -4.32. The molecule has 1 atom stereocenters. The van der Waals surface area contributed by atoms with Gasteiger partial charge in [-0.15, -0.1) is 0 Å². The maximum atomic E-state index is 13.3. The van der Waals surface area contributed by atoms with Crippen LogP contribution >= 0.6 is 0 Å². The van der Waals surface area contributed by atoms with Crippen molar-refractivity contribution in [3.8, 4) is 17.2 Å². The fraction of sp³-hybridized carbons (Fsp3) is 0.185. The number of carboxylic acids is 1. The van der Waals surface area contributed by atoms with Gasteiger partial charge in [-0.1, -0.05) is 18.2 Å². The van der Waals surface area contributed by atoms with E-state index in [1.807, 2.05) is 0 Å². The standard InChI is InChI=1S/C27H21F3N2O6S/c1-16-23(31-25(38-16)17-6-8-18(9-7-17)27(28,29)30)15-37-19-10-12-20(13-11-19)39(35,36)32-14-22(26(33)34)21-4-2-3-5-24(21)32/h2-13,22H,14-15H2,1H3,(H,33,34). The third-order valence-electron chi connectivity index (χ3n) is 6.37. The first-order chi connectivity index (χ1) is 18.4. The van der Waals surface area contributed by atoms with Crippen molar-refractivity contribution in [1.82, 2.24) is 4.98 Å². The molecule has 1 aliphatic heterocycles. The van der Waals surface area contributed by atoms with Crippen molar-refractivity contribution in [2.45, 2.75) is 30.5 Å². The maximum absolute atomic E-state index is 13.3. The Kier molecular flexibility index (Phi) is 6.59. The molecule has 0 saturated heterocycles. The van der Waals surface area contributed by atoms with Crippen LogP contribution in [-0.2, 0) is 27.6 Å². The van der Waals surface area contributed by atoms with Gasteiger partial charge in [0.2, 0.25) is 5.89 Å². The molecule has 0 aliphatic carbocycles. The number of rotatable bonds is 7. The summed E-state index contributed by atoms with van der Waals surface area (Å²) in [6, 6.07) is 16.6. The molecule has 8 nitrogen and oxygen atoms in total. The Morgan fingerprint density at radius 1 is 1.08 bits per heavy atom. The molecule has 0 radical (unpaired) electrons. The summed E-state index contributed by atoms with van der Waals surface area (Å²) in [7, 11) is -4.03. The van der Waals surface area contributed by atoms with Crippen molar-refractivity contribution in [2.24, 2.45) is 0 Å². The molecule has 39 heavy (non-hydrogen) atoms. The van der Waals surface area contributed by atoms with Crippen molar-refractivity contribution >= 4 is 21.7 Å². The number of anilines is 1. The number of nitrogens with zero attached hydrogens (tertiary/aromatic N) is 2. The summed E-state index contributed by atoms with van der Waals surface area (Å²) in [5.74, 6) is -1.15. The lowest BCUT2D eigenvalue weighted by Crippen LogP contribution is -2.31. The van der Waals surface area contributed by atoms with Crippen LogP contribution in [-0.4, -0.2) is 31.0 Å². The number of fused-ring (bicyclic) bond motifs is 1. The molecule has 0 fully saturated rings. The predicted octanol–water partition coefficient (Wildman–Crippen LogP) is 5.62. The summed E-state index contributed by atoms with van der Waals surface area (Å²) < 4.78 is 77.5. The van der Waals surface area contributed by atoms with E-state index in [0.717, 1.165) is 16.4 Å². The van der Waals surface area contributed by atoms with Crippen molar-refractivity contribution in [2.75, 3.05) is 10.8 Å². The Balaban J connectivity index is 1.29. The van der Waals surface area contributed by atoms with Crippen LogP contribution in [0.5, 0.6) is 5.75 Å². The van der Waals surface area contributed by atoms with E-state index in [9.17, 15) is 31.5 Å². The number of hydrogen-bond acceptors (Lipinski definition) is 6. The van der Waals surface area contributed by atoms with Crippen LogP contribution in [0.15, 0.2) is 82.1 Å². The molecule has 1 aromatic heterocycles. The summed E-state index contributed by atoms with van der Waals surface area (Å²) in [4.78, 5) is 16.0. The lowest BCUT2D eigenvalue weighted by atomic mass is 10.0. The average Bonchev–Trinajstić information content (AvgIpc) is 3.48. The minimum atomic E-state index is -4.45. The lowest BCUT2D eigenvalue weighted by Gasteiger charge is -2.20. The first-order valence-corrected chi connectivity index (χ1v) is 13.1. The molecule has 1 aliphatic rings. The Morgan fingerprint density at radius 3 is 2.38 bits per heavy atom. The van der Waals surface area contributed by atoms with Gasteiger partial charge in [-0.05, 0) is 67.1 Å². The second kappa shape index (κ2) is 9.77. The minimum absolute atomic E-state index is 0.0259. The van der Waals surface area contributed by atoms with E-state index in [4.69, 9.17) is 9.15 Å². The number of hydrogen-bond donors (Lipinski definition) is 1. The number of ether oxygens (including phenoxy) is 1. The van der Waals surface area contributed by atoms with E-state index < -0.39 is 33.7 Å². The first kappa shape index (κ1) is 26.3. The number of aryl methyl sites for hydroxylation is 1. The van der Waals surface area contributed by atoms with E-state index in [1.165, 1.54) is 36.4 Å². The SMILES string of the molecule is Cc1oc(-c2ccc(C(F)(F)F)cc2)nc1COc1ccc(S(=O)(=O)N2CC(C(=O)O)c3ccccc32)cc1. The van der Waals surface area contributed by atoms with E-state index in [1.54, 1.807) is 31.2 Å². The van der Waals surface area contributed by atoms with Crippen LogP contribution < -0.4 is 9.04 Å². The van der Waals surface area contributed by atoms with Gasteiger partial charge in [0.1, 0.15) is 29.7 Å². The van der Waals surface area contributed by atoms with Crippen molar-refractivity contribution in [3.05, 3.63) is 95.4 Å². The molecule has 0 spiro atoms. The van der Waals surface area contributed by atoms with Gasteiger partial charge < -0.3 is 14.3 Å². The quantitative estimate of drug-likeness (QED) is 0.313. The topological polar surface area (TPSA) is 110 Å². The van der Waals surface area contributed by atoms with Crippen LogP contribution in [0, 0.1) is 6.92 Å². The third-order valence-corrected chi connectivity index (χ3v) is 8.16. The number of halogens is 3. The monoisotopic (exact) mass is 558 g/mol. The van der Waals surface area contributed by atoms with Crippen LogP contribution in [0.25, 0.3) is 11.5 Å². The molecule has 4 aromatic rings. The molecule has 3 aromatic carbocycles. The van der Waals surface area contributed by atoms with Gasteiger partial charge in [-0.2, -0.15) is 13.2 Å². The molecular weight excluding hydrogens is 537 g/mol. The highest BCUT2D eigenvalue weighted by molar-refractivity contribution is 7.92. The molecule has 0 saturated carbocycles. The number of aliphatic carboxylic acids is 1. The molecule has 202 valence electrons. The Bertz CT molecular complexity index is 1630. The molecule has 1 unspecified atom stereocenters. The number of oxazole rings is 1. The normalized spacial score (nSPS) is 15.3. The zero-order valence-electron chi connectivity index (χ0n) is 20.3. The van der Waals surface area contributed by atoms with Gasteiger partial charge in [0, 0.05) is 5.56 Å². The molecule has 1 N–H and O–H groups in total. The number of alkyl halides is 3. The number of para-hydroxylation sites is 1. The number of benzene rings is 3. The van der Waals surface area contributed by atoms with Gasteiger partial charge in [-0.25, -0.2) is 13.4 Å². The Morgan fingerprint density at radius 2 is 1.74 bits per heavy atom. The smallest absolute Gasteiger partial charge is 0.416 e. The number of carboxylic acid groups (broad SMARTS) is 1. The van der Waals surface area contributed by atoms with E-state index >= 15 is 0 Å². The Labute approximate surface area is 221 Å². The maximum Gasteiger partial charge on any atom is 0.416 e. The minimum Gasteiger partial charge on any atom is -0.487 e. The molecule has 5 rings (SSSR count). The van der Waals surface area contributed by atoms with Gasteiger partial charge in [-0.3, -0.25) is 9.10 Å². The summed E-state index contributed by atoms with van der Waals surface area (Å²) >= 11 is 0. The number of carbonyl (C=O) groups is 1. The van der Waals surface area contributed by atoms with E-state index in [0.29, 0.717) is 34.0 Å². The second-order valence-corrected chi connectivity index (χ2v) is 10.7. The largest absolute Gasteiger partial charge is 0.487 e. The van der Waals surface area contributed by atoms with Gasteiger partial charge in [0.25, 0.3) is 10.0 Å². The summed E-state index contributed by atoms with van der Waals surface area (Å²) in [6.07, 6.45) is -4.45. The van der Waals surface area contributed by atoms with E-state index in [-0.39, 0.29) is 23.9 Å². The second-order valence-electron chi connectivity index (χ2n) is 8.84. The highest BCUT2D eigenvalue weighted by Gasteiger charge is 2.39. The van der Waals surface area contributed by atoms with Crippen LogP contribution in [0.2, 0.25) is 0 Å². The highest BCUT2D eigenvalue weighted by Crippen LogP contribution is 2.40. The molecule has 12 heteroatoms. The van der Waals surface area contributed by atoms with E-state index in [2.05, 4.69) is 4.98 Å². The average molecular weight is 559 g/mol. The van der Waals surface area contributed by atoms with Crippen LogP contribution in [0.1, 0.15) is 28.5 Å². The van der Waals surface area contributed by atoms with Crippen LogP contribution in [0.3, 0.4) is 0 Å². The zero-order chi connectivity index (χ0) is 27.9. The molecule has 0 bridgehead atoms. The fourth-order valence-corrected chi connectivity index (χ4v) is 5.79. The summed E-state index contributed by atoms with van der Waals surface area (Å²) in [6.45, 7) is 1.41. The zero-order valence-corrected chi connectivity index (χ0v) is 21.2. The third kappa shape index (κ3) is 5.07. The van der Waals surface area contributed by atoms with Crippen molar-refractivity contribution in [3.63, 3.8) is 0 Å². The number of aromatic nitrogens is 1. The highest BCUT2D eigenvalue weighted by atomic mass is 32.2. The van der Waals surface area contributed by atoms with Crippen LogP contribution in [0.4, 0.5) is 18.9 Å². The first-order valence-electron chi connectivity index (χ1n) is 11.7. The number of sulfonamides is 1.